The van der Waals surface area contributed by atoms with Crippen LogP contribution in [0, 0.1) is 0 Å². The minimum Gasteiger partial charge on any atom is -0.375 e. The summed E-state index contributed by atoms with van der Waals surface area (Å²) >= 11 is 0. The van der Waals surface area contributed by atoms with Crippen LogP contribution in [0.25, 0.3) is 0 Å². The number of hydrogen-bond donors (Lipinski definition) is 1. The summed E-state index contributed by atoms with van der Waals surface area (Å²) in [6.45, 7) is 8.99. The van der Waals surface area contributed by atoms with Crippen molar-refractivity contribution in [3.05, 3.63) is 17.0 Å². The lowest BCUT2D eigenvalue weighted by molar-refractivity contribution is 0.00528. The summed E-state index contributed by atoms with van der Waals surface area (Å²) in [5.74, 6) is 1.49. The molecule has 1 aliphatic heterocycles. The van der Waals surface area contributed by atoms with Crippen LogP contribution < -0.4 is 5.73 Å². The quantitative estimate of drug-likeness (QED) is 0.468. The van der Waals surface area contributed by atoms with E-state index in [4.69, 9.17) is 15.0 Å². The van der Waals surface area contributed by atoms with Crippen LogP contribution in [0.4, 0.5) is 0 Å². The number of aliphatic imine (C=N–C) groups is 1. The Kier molecular flexibility index (Phi) is 7.44. The first-order valence-corrected chi connectivity index (χ1v) is 7.28. The third-order valence-electron chi connectivity index (χ3n) is 3.57. The van der Waals surface area contributed by atoms with Crippen molar-refractivity contribution in [1.82, 2.24) is 10.1 Å². The maximum Gasteiger partial charge on any atom is 0.191 e. The lowest BCUT2D eigenvalue weighted by atomic mass is 10.1. The number of rotatable bonds is 4. The Labute approximate surface area is 143 Å². The van der Waals surface area contributed by atoms with Crippen molar-refractivity contribution < 1.29 is 9.26 Å². The van der Waals surface area contributed by atoms with Crippen molar-refractivity contribution in [1.29, 1.82) is 0 Å². The molecule has 6 nitrogen and oxygen atoms in total. The molecule has 0 aromatic carbocycles. The van der Waals surface area contributed by atoms with Crippen molar-refractivity contribution in [2.24, 2.45) is 10.7 Å². The molecule has 0 aliphatic carbocycles. The molecule has 21 heavy (non-hydrogen) atoms. The molecular weight excluding hydrogens is 383 g/mol. The van der Waals surface area contributed by atoms with Gasteiger partial charge in [-0.05, 0) is 13.3 Å². The van der Waals surface area contributed by atoms with Crippen molar-refractivity contribution in [3.63, 3.8) is 0 Å². The Hall–Kier alpha value is -0.830. The Morgan fingerprint density at radius 1 is 1.43 bits per heavy atom. The van der Waals surface area contributed by atoms with Crippen molar-refractivity contribution in [2.75, 3.05) is 19.7 Å². The highest BCUT2D eigenvalue weighted by molar-refractivity contribution is 14.0. The highest BCUT2D eigenvalue weighted by atomic mass is 127. The van der Waals surface area contributed by atoms with Crippen LogP contribution in [-0.2, 0) is 24.1 Å². The molecule has 120 valence electrons. The van der Waals surface area contributed by atoms with E-state index in [0.717, 1.165) is 42.9 Å². The summed E-state index contributed by atoms with van der Waals surface area (Å²) < 4.78 is 10.8. The normalized spacial score (nSPS) is 19.5. The second-order valence-corrected chi connectivity index (χ2v) is 5.04. The van der Waals surface area contributed by atoms with Crippen molar-refractivity contribution in [3.8, 4) is 0 Å². The Morgan fingerprint density at radius 2 is 2.19 bits per heavy atom. The van der Waals surface area contributed by atoms with E-state index in [-0.39, 0.29) is 30.1 Å². The van der Waals surface area contributed by atoms with E-state index < -0.39 is 0 Å². The van der Waals surface area contributed by atoms with Crippen LogP contribution in [0.5, 0.6) is 0 Å². The number of nitrogens with zero attached hydrogens (tertiary/aromatic N) is 3. The lowest BCUT2D eigenvalue weighted by Crippen LogP contribution is -2.47. The fraction of sp³-hybridized carbons (Fsp3) is 0.714. The van der Waals surface area contributed by atoms with Gasteiger partial charge in [0.05, 0.1) is 24.9 Å². The van der Waals surface area contributed by atoms with Crippen LogP contribution in [0.15, 0.2) is 9.52 Å². The molecular formula is C14H25IN4O2. The Balaban J connectivity index is 0.00000220. The summed E-state index contributed by atoms with van der Waals surface area (Å²) in [7, 11) is 0. The highest BCUT2D eigenvalue weighted by Crippen LogP contribution is 2.17. The fourth-order valence-corrected chi connectivity index (χ4v) is 2.40. The molecule has 1 saturated heterocycles. The van der Waals surface area contributed by atoms with Gasteiger partial charge in [0.1, 0.15) is 5.76 Å². The van der Waals surface area contributed by atoms with Gasteiger partial charge in [-0.25, -0.2) is 4.99 Å². The zero-order valence-electron chi connectivity index (χ0n) is 13.0. The van der Waals surface area contributed by atoms with E-state index in [1.165, 1.54) is 0 Å². The van der Waals surface area contributed by atoms with Gasteiger partial charge in [-0.1, -0.05) is 19.0 Å². The summed E-state index contributed by atoms with van der Waals surface area (Å²) in [5, 5.41) is 4.09. The van der Waals surface area contributed by atoms with Gasteiger partial charge in [-0.15, -0.1) is 24.0 Å². The van der Waals surface area contributed by atoms with Crippen LogP contribution in [0.1, 0.15) is 37.8 Å². The van der Waals surface area contributed by atoms with Crippen LogP contribution in [0.3, 0.4) is 0 Å². The maximum absolute atomic E-state index is 6.08. The molecule has 2 rings (SSSR count). The summed E-state index contributed by atoms with van der Waals surface area (Å²) in [6, 6.07) is 0. The van der Waals surface area contributed by atoms with E-state index in [1.807, 2.05) is 6.92 Å². The summed E-state index contributed by atoms with van der Waals surface area (Å²) in [5.41, 5.74) is 8.14. The predicted molar refractivity (Wildman–Crippen MR) is 93.0 cm³/mol. The van der Waals surface area contributed by atoms with E-state index in [9.17, 15) is 0 Å². The van der Waals surface area contributed by atoms with Gasteiger partial charge in [-0.3, -0.25) is 0 Å². The number of halogens is 1. The number of morpholine rings is 1. The van der Waals surface area contributed by atoms with Crippen molar-refractivity contribution >= 4 is 29.9 Å². The first-order chi connectivity index (χ1) is 9.65. The molecule has 2 heterocycles. The van der Waals surface area contributed by atoms with Crippen LogP contribution in [0.2, 0.25) is 0 Å². The van der Waals surface area contributed by atoms with Gasteiger partial charge < -0.3 is 19.9 Å². The number of aromatic nitrogens is 1. The molecule has 0 spiro atoms. The molecule has 2 N–H and O–H groups in total. The third kappa shape index (κ3) is 4.57. The molecule has 7 heteroatoms. The zero-order valence-corrected chi connectivity index (χ0v) is 15.3. The van der Waals surface area contributed by atoms with Gasteiger partial charge in [0.2, 0.25) is 0 Å². The molecule has 1 atom stereocenters. The van der Waals surface area contributed by atoms with Crippen molar-refractivity contribution in [2.45, 2.75) is 46.3 Å². The van der Waals surface area contributed by atoms with E-state index in [1.54, 1.807) is 0 Å². The second-order valence-electron chi connectivity index (χ2n) is 5.04. The van der Waals surface area contributed by atoms with Gasteiger partial charge in [0.15, 0.2) is 5.96 Å². The maximum atomic E-state index is 6.08. The average Bonchev–Trinajstić information content (AvgIpc) is 2.86. The van der Waals surface area contributed by atoms with E-state index in [2.05, 4.69) is 28.9 Å². The first kappa shape index (κ1) is 18.2. The number of hydrogen-bond acceptors (Lipinski definition) is 4. The number of aryl methyl sites for hydroxylation is 2. The summed E-state index contributed by atoms with van der Waals surface area (Å²) in [6.07, 6.45) is 1.88. The summed E-state index contributed by atoms with van der Waals surface area (Å²) in [4.78, 5) is 6.58. The fourth-order valence-electron chi connectivity index (χ4n) is 2.40. The van der Waals surface area contributed by atoms with Crippen LogP contribution >= 0.6 is 24.0 Å². The topological polar surface area (TPSA) is 76.9 Å². The zero-order chi connectivity index (χ0) is 14.5. The largest absolute Gasteiger partial charge is 0.375 e. The molecule has 0 radical (unpaired) electrons. The number of nitrogens with two attached hydrogens (primary N) is 1. The molecule has 1 aromatic rings. The van der Waals surface area contributed by atoms with Gasteiger partial charge >= 0.3 is 0 Å². The smallest absolute Gasteiger partial charge is 0.191 e. The highest BCUT2D eigenvalue weighted by Gasteiger charge is 2.19. The monoisotopic (exact) mass is 408 g/mol. The van der Waals surface area contributed by atoms with Gasteiger partial charge in [0, 0.05) is 25.1 Å². The third-order valence-corrected chi connectivity index (χ3v) is 3.57. The molecule has 0 amide bonds. The predicted octanol–water partition coefficient (Wildman–Crippen LogP) is 1.95. The Morgan fingerprint density at radius 3 is 2.81 bits per heavy atom. The molecule has 1 aromatic heterocycles. The number of guanidine groups is 1. The minimum absolute atomic E-state index is 0. The minimum atomic E-state index is 0. The second kappa shape index (κ2) is 8.57. The lowest BCUT2D eigenvalue weighted by Gasteiger charge is -2.31. The SMILES string of the molecule is CCc1noc(CC)c1CN=C(N)N1CCOC(C)C1.I. The molecule has 1 aliphatic rings. The first-order valence-electron chi connectivity index (χ1n) is 7.28. The standard InChI is InChI=1S/C14H24N4O2.HI/c1-4-12-11(13(5-2)20-17-12)8-16-14(15)18-6-7-19-10(3)9-18;/h10H,4-9H2,1-3H3,(H2,15,16);1H. The van der Waals surface area contributed by atoms with E-state index in [0.29, 0.717) is 19.1 Å². The molecule has 1 fully saturated rings. The Bertz CT molecular complexity index is 454. The van der Waals surface area contributed by atoms with Crippen LogP contribution in [-0.4, -0.2) is 41.8 Å². The number of ether oxygens (including phenoxy) is 1. The van der Waals surface area contributed by atoms with Gasteiger partial charge in [0.25, 0.3) is 0 Å². The average molecular weight is 408 g/mol. The molecule has 0 saturated carbocycles. The molecule has 0 bridgehead atoms. The van der Waals surface area contributed by atoms with E-state index >= 15 is 0 Å². The van der Waals surface area contributed by atoms with Gasteiger partial charge in [-0.2, -0.15) is 0 Å². The molecule has 1 unspecified atom stereocenters.